The summed E-state index contributed by atoms with van der Waals surface area (Å²) in [5.74, 6) is -2.52. The average molecular weight is 488 g/mol. The molecule has 2 atom stereocenters. The van der Waals surface area contributed by atoms with E-state index < -0.39 is 58.2 Å². The van der Waals surface area contributed by atoms with E-state index in [9.17, 15) is 27.6 Å². The van der Waals surface area contributed by atoms with Gasteiger partial charge in [0.05, 0.1) is 12.1 Å². The Bertz CT molecular complexity index is 988. The molecule has 0 aliphatic heterocycles. The Morgan fingerprint density at radius 1 is 1.12 bits per heavy atom. The Morgan fingerprint density at radius 2 is 1.67 bits per heavy atom. The molecule has 0 aliphatic rings. The Morgan fingerprint density at radius 3 is 2.09 bits per heavy atom. The summed E-state index contributed by atoms with van der Waals surface area (Å²) in [7, 11) is -3.18. The van der Waals surface area contributed by atoms with Crippen LogP contribution in [0.5, 0.6) is 0 Å². The molecule has 0 saturated carbocycles. The standard InChI is InChI=1S/C19H29N5O8S/c1-19(2,3)32-18(28)22-13(10-15(20)25)17(27)24(4)14(16(21)26)9-11-5-7-12(8-6-11)23-33(29,30)31/h5-8,13-14,23H,9-10H2,1-4H3,(H2,20,25)(H2,21,26)(H,22,28)(H,29,30,31)/t13-,14-/m0/s1. The number of hydrogen-bond acceptors (Lipinski definition) is 7. The van der Waals surface area contributed by atoms with Crippen molar-refractivity contribution >= 4 is 39.8 Å². The monoisotopic (exact) mass is 487 g/mol. The van der Waals surface area contributed by atoms with E-state index in [1.165, 1.54) is 31.3 Å². The number of carbonyl (C=O) groups is 4. The van der Waals surface area contributed by atoms with E-state index in [4.69, 9.17) is 20.8 Å². The molecule has 0 bridgehead atoms. The second kappa shape index (κ2) is 11.0. The molecule has 7 N–H and O–H groups in total. The van der Waals surface area contributed by atoms with Crippen molar-refractivity contribution in [2.24, 2.45) is 11.5 Å². The van der Waals surface area contributed by atoms with Crippen molar-refractivity contribution in [3.05, 3.63) is 29.8 Å². The van der Waals surface area contributed by atoms with Crippen LogP contribution in [0.25, 0.3) is 0 Å². The first kappa shape index (κ1) is 27.6. The zero-order valence-corrected chi connectivity index (χ0v) is 19.5. The molecule has 14 heteroatoms. The fraction of sp³-hybridized carbons (Fsp3) is 0.474. The van der Waals surface area contributed by atoms with Crippen LogP contribution in [0, 0.1) is 0 Å². The lowest BCUT2D eigenvalue weighted by Gasteiger charge is -2.30. The van der Waals surface area contributed by atoms with E-state index in [1.807, 2.05) is 4.72 Å². The van der Waals surface area contributed by atoms with Crippen molar-refractivity contribution in [2.45, 2.75) is 51.3 Å². The number of nitrogens with two attached hydrogens (primary N) is 2. The molecule has 1 aromatic rings. The van der Waals surface area contributed by atoms with Gasteiger partial charge in [0.25, 0.3) is 0 Å². The third kappa shape index (κ3) is 10.2. The van der Waals surface area contributed by atoms with Crippen LogP contribution in [0.15, 0.2) is 24.3 Å². The summed E-state index contributed by atoms with van der Waals surface area (Å²) in [5, 5.41) is 2.28. The largest absolute Gasteiger partial charge is 0.444 e. The first-order valence-corrected chi connectivity index (χ1v) is 11.1. The van der Waals surface area contributed by atoms with Gasteiger partial charge in [0.1, 0.15) is 17.7 Å². The molecule has 0 saturated heterocycles. The smallest absolute Gasteiger partial charge is 0.408 e. The van der Waals surface area contributed by atoms with E-state index in [1.54, 1.807) is 20.8 Å². The molecule has 0 fully saturated rings. The fourth-order valence-corrected chi connectivity index (χ4v) is 3.19. The van der Waals surface area contributed by atoms with Gasteiger partial charge < -0.3 is 26.4 Å². The molecule has 0 unspecified atom stereocenters. The summed E-state index contributed by atoms with van der Waals surface area (Å²) >= 11 is 0. The minimum absolute atomic E-state index is 0.0561. The summed E-state index contributed by atoms with van der Waals surface area (Å²) in [4.78, 5) is 49.5. The number of likely N-dealkylation sites (N-methyl/N-ethyl adjacent to an activating group) is 1. The Balaban J connectivity index is 3.03. The number of amides is 4. The normalized spacial score (nSPS) is 13.4. The number of carbonyl (C=O) groups excluding carboxylic acids is 4. The molecule has 1 rings (SSSR count). The van der Waals surface area contributed by atoms with Gasteiger partial charge in [-0.1, -0.05) is 12.1 Å². The maximum Gasteiger partial charge on any atom is 0.408 e. The first-order valence-electron chi connectivity index (χ1n) is 9.66. The van der Waals surface area contributed by atoms with Gasteiger partial charge in [-0.15, -0.1) is 0 Å². The van der Waals surface area contributed by atoms with Crippen LogP contribution in [0.1, 0.15) is 32.8 Å². The van der Waals surface area contributed by atoms with Crippen molar-refractivity contribution in [3.8, 4) is 0 Å². The second-order valence-electron chi connectivity index (χ2n) is 8.21. The van der Waals surface area contributed by atoms with Crippen molar-refractivity contribution in [3.63, 3.8) is 0 Å². The van der Waals surface area contributed by atoms with Crippen molar-refractivity contribution in [1.29, 1.82) is 0 Å². The van der Waals surface area contributed by atoms with Crippen LogP contribution in [0.3, 0.4) is 0 Å². The summed E-state index contributed by atoms with van der Waals surface area (Å²) < 4.78 is 37.5. The molecule has 184 valence electrons. The van der Waals surface area contributed by atoms with Crippen LogP contribution in [-0.2, 0) is 35.8 Å². The van der Waals surface area contributed by atoms with Gasteiger partial charge in [-0.25, -0.2) is 4.79 Å². The highest BCUT2D eigenvalue weighted by molar-refractivity contribution is 7.87. The van der Waals surface area contributed by atoms with Crippen molar-refractivity contribution in [2.75, 3.05) is 11.8 Å². The molecule has 4 amide bonds. The summed E-state index contributed by atoms with van der Waals surface area (Å²) in [6.07, 6.45) is -1.54. The van der Waals surface area contributed by atoms with E-state index >= 15 is 0 Å². The van der Waals surface area contributed by atoms with E-state index in [0.29, 0.717) is 5.56 Å². The quantitative estimate of drug-likeness (QED) is 0.271. The Labute approximate surface area is 191 Å². The SMILES string of the molecule is CN(C(=O)[C@H](CC(N)=O)NC(=O)OC(C)(C)C)[C@@H](Cc1ccc(NS(=O)(=O)O)cc1)C(N)=O. The van der Waals surface area contributed by atoms with Crippen LogP contribution >= 0.6 is 0 Å². The lowest BCUT2D eigenvalue weighted by molar-refractivity contribution is -0.140. The highest BCUT2D eigenvalue weighted by Crippen LogP contribution is 2.15. The Kier molecular flexibility index (Phi) is 9.18. The summed E-state index contributed by atoms with van der Waals surface area (Å²) in [6, 6.07) is 3.02. The third-order valence-electron chi connectivity index (χ3n) is 4.17. The fourth-order valence-electron chi connectivity index (χ4n) is 2.76. The number of alkyl carbamates (subject to hydrolysis) is 1. The van der Waals surface area contributed by atoms with Gasteiger partial charge in [-0.3, -0.25) is 23.7 Å². The van der Waals surface area contributed by atoms with Crippen molar-refractivity contribution in [1.82, 2.24) is 10.2 Å². The number of nitrogens with one attached hydrogen (secondary N) is 2. The topological polar surface area (TPSA) is 211 Å². The van der Waals surface area contributed by atoms with Crippen molar-refractivity contribution < 1.29 is 36.9 Å². The summed E-state index contributed by atoms with van der Waals surface area (Å²) in [6.45, 7) is 4.84. The molecule has 13 nitrogen and oxygen atoms in total. The highest BCUT2D eigenvalue weighted by atomic mass is 32.2. The summed E-state index contributed by atoms with van der Waals surface area (Å²) in [5.41, 5.74) is 10.4. The van der Waals surface area contributed by atoms with Gasteiger partial charge >= 0.3 is 16.4 Å². The molecule has 0 heterocycles. The lowest BCUT2D eigenvalue weighted by Crippen LogP contribution is -2.55. The van der Waals surface area contributed by atoms with Crippen LogP contribution < -0.4 is 21.5 Å². The number of anilines is 1. The number of benzene rings is 1. The minimum atomic E-state index is -4.45. The van der Waals surface area contributed by atoms with Crippen LogP contribution in [0.2, 0.25) is 0 Å². The van der Waals surface area contributed by atoms with E-state index in [-0.39, 0.29) is 12.1 Å². The second-order valence-corrected chi connectivity index (χ2v) is 9.37. The van der Waals surface area contributed by atoms with E-state index in [0.717, 1.165) is 4.90 Å². The zero-order valence-electron chi connectivity index (χ0n) is 18.7. The predicted octanol–water partition coefficient (Wildman–Crippen LogP) is -0.475. The predicted molar refractivity (Wildman–Crippen MR) is 118 cm³/mol. The highest BCUT2D eigenvalue weighted by Gasteiger charge is 2.33. The third-order valence-corrected chi connectivity index (χ3v) is 4.66. The first-order chi connectivity index (χ1) is 15.0. The zero-order chi connectivity index (χ0) is 25.6. The number of primary amides is 2. The maximum absolute atomic E-state index is 13.0. The van der Waals surface area contributed by atoms with Gasteiger partial charge in [-0.2, -0.15) is 8.42 Å². The molecular formula is C19H29N5O8S. The molecule has 1 aromatic carbocycles. The van der Waals surface area contributed by atoms with Crippen LogP contribution in [-0.4, -0.2) is 66.4 Å². The van der Waals surface area contributed by atoms with Gasteiger partial charge in [0.2, 0.25) is 17.7 Å². The molecule has 0 radical (unpaired) electrons. The molecule has 33 heavy (non-hydrogen) atoms. The number of ether oxygens (including phenoxy) is 1. The van der Waals surface area contributed by atoms with Crippen LogP contribution in [0.4, 0.5) is 10.5 Å². The maximum atomic E-state index is 13.0. The van der Waals surface area contributed by atoms with Gasteiger partial charge in [0.15, 0.2) is 0 Å². The minimum Gasteiger partial charge on any atom is -0.444 e. The lowest BCUT2D eigenvalue weighted by atomic mass is 10.0. The Hall–Kier alpha value is -3.39. The van der Waals surface area contributed by atoms with Gasteiger partial charge in [-0.05, 0) is 38.5 Å². The van der Waals surface area contributed by atoms with Gasteiger partial charge in [0, 0.05) is 13.5 Å². The number of rotatable bonds is 10. The molecule has 0 spiro atoms. The number of hydrogen-bond donors (Lipinski definition) is 5. The molecule has 0 aliphatic carbocycles. The molecule has 0 aromatic heterocycles. The van der Waals surface area contributed by atoms with E-state index in [2.05, 4.69) is 5.32 Å². The average Bonchev–Trinajstić information content (AvgIpc) is 2.62. The number of nitrogens with zero attached hydrogens (tertiary/aromatic N) is 1. The molecular weight excluding hydrogens is 458 g/mol.